The predicted octanol–water partition coefficient (Wildman–Crippen LogP) is 10.6. The van der Waals surface area contributed by atoms with E-state index in [0.717, 1.165) is 57.8 Å². The zero-order chi connectivity index (χ0) is 27.1. The highest BCUT2D eigenvalue weighted by Crippen LogP contribution is 2.13. The summed E-state index contributed by atoms with van der Waals surface area (Å²) < 4.78 is 10.7. The van der Waals surface area contributed by atoms with E-state index in [9.17, 15) is 9.59 Å². The first kappa shape index (κ1) is 35.9. The quantitative estimate of drug-likeness (QED) is 0.0692. The fourth-order valence-electron chi connectivity index (χ4n) is 4.76. The normalized spacial score (nSPS) is 11.1. The number of carbonyl (C=O) groups is 2. The van der Waals surface area contributed by atoms with Gasteiger partial charge in [-0.15, -0.1) is 0 Å². The summed E-state index contributed by atoms with van der Waals surface area (Å²) in [5.74, 6) is -0.0795. The summed E-state index contributed by atoms with van der Waals surface area (Å²) in [6.07, 6.45) is 32.0. The molecule has 0 unspecified atom stereocenters. The van der Waals surface area contributed by atoms with Crippen molar-refractivity contribution in [3.63, 3.8) is 0 Å². The van der Waals surface area contributed by atoms with Crippen molar-refractivity contribution in [3.8, 4) is 0 Å². The lowest BCUT2D eigenvalue weighted by molar-refractivity contribution is -0.144. The van der Waals surface area contributed by atoms with Crippen LogP contribution in [0.2, 0.25) is 0 Å². The average molecular weight is 525 g/mol. The van der Waals surface area contributed by atoms with Crippen LogP contribution in [-0.4, -0.2) is 25.2 Å². The molecule has 0 N–H and O–H groups in total. The van der Waals surface area contributed by atoms with Gasteiger partial charge in [0.1, 0.15) is 0 Å². The van der Waals surface area contributed by atoms with Gasteiger partial charge in [0, 0.05) is 12.8 Å². The summed E-state index contributed by atoms with van der Waals surface area (Å²) in [7, 11) is 0. The Hall–Kier alpha value is -1.06. The molecule has 4 heteroatoms. The zero-order valence-corrected chi connectivity index (χ0v) is 25.1. The Kier molecular flexibility index (Phi) is 30.3. The van der Waals surface area contributed by atoms with E-state index >= 15 is 0 Å². The summed E-state index contributed by atoms with van der Waals surface area (Å²) >= 11 is 0. The third-order valence-electron chi connectivity index (χ3n) is 7.28. The Morgan fingerprint density at radius 3 is 0.892 bits per heavy atom. The fourth-order valence-corrected chi connectivity index (χ4v) is 4.76. The van der Waals surface area contributed by atoms with Crippen LogP contribution >= 0.6 is 0 Å². The number of ether oxygens (including phenoxy) is 2. The van der Waals surface area contributed by atoms with Crippen molar-refractivity contribution in [2.45, 2.75) is 187 Å². The van der Waals surface area contributed by atoms with Gasteiger partial charge in [0.05, 0.1) is 13.2 Å². The maximum atomic E-state index is 11.9. The van der Waals surface area contributed by atoms with Gasteiger partial charge in [-0.05, 0) is 25.7 Å². The molecule has 0 amide bonds. The van der Waals surface area contributed by atoms with Gasteiger partial charge in [-0.1, -0.05) is 149 Å². The van der Waals surface area contributed by atoms with E-state index < -0.39 is 0 Å². The molecule has 0 aromatic carbocycles. The van der Waals surface area contributed by atoms with Gasteiger partial charge >= 0.3 is 11.9 Å². The minimum Gasteiger partial charge on any atom is -0.466 e. The Morgan fingerprint density at radius 1 is 0.351 bits per heavy atom. The lowest BCUT2D eigenvalue weighted by Gasteiger charge is -2.06. The molecule has 0 aromatic heterocycles. The molecule has 0 radical (unpaired) electrons. The van der Waals surface area contributed by atoms with E-state index in [0.29, 0.717) is 26.1 Å². The molecule has 0 aromatic rings. The monoisotopic (exact) mass is 524 g/mol. The molecule has 0 aliphatic carbocycles. The average Bonchev–Trinajstić information content (AvgIpc) is 2.89. The molecule has 220 valence electrons. The molecule has 0 spiro atoms. The third kappa shape index (κ3) is 31.1. The molecule has 0 atom stereocenters. The second-order valence-corrected chi connectivity index (χ2v) is 11.1. The van der Waals surface area contributed by atoms with Crippen molar-refractivity contribution in [1.29, 1.82) is 0 Å². The molecule has 0 bridgehead atoms. The zero-order valence-electron chi connectivity index (χ0n) is 25.1. The standard InChI is InChI=1S/C33H64O4/c1-3-5-7-9-10-11-12-13-14-15-16-19-23-27-31-37-33(35)29-25-21-18-17-20-24-28-32(34)36-30-26-22-8-6-4-2/h3-31H2,1-2H3. The van der Waals surface area contributed by atoms with Crippen molar-refractivity contribution in [1.82, 2.24) is 0 Å². The van der Waals surface area contributed by atoms with E-state index in [4.69, 9.17) is 9.47 Å². The van der Waals surface area contributed by atoms with Gasteiger partial charge in [0.2, 0.25) is 0 Å². The number of hydrogen-bond donors (Lipinski definition) is 0. The second-order valence-electron chi connectivity index (χ2n) is 11.1. The SMILES string of the molecule is CCCCCCCCCCCCCCCCOC(=O)CCCCCCCCC(=O)OCCCCCCC. The highest BCUT2D eigenvalue weighted by atomic mass is 16.5. The van der Waals surface area contributed by atoms with Crippen LogP contribution < -0.4 is 0 Å². The van der Waals surface area contributed by atoms with E-state index in [2.05, 4.69) is 13.8 Å². The minimum atomic E-state index is -0.0444. The van der Waals surface area contributed by atoms with Crippen LogP contribution in [0.1, 0.15) is 187 Å². The minimum absolute atomic E-state index is 0.0351. The Bertz CT molecular complexity index is 477. The van der Waals surface area contributed by atoms with E-state index in [1.54, 1.807) is 0 Å². The van der Waals surface area contributed by atoms with Crippen molar-refractivity contribution < 1.29 is 19.1 Å². The molecule has 0 rings (SSSR count). The van der Waals surface area contributed by atoms with E-state index in [1.807, 2.05) is 0 Å². The first-order valence-corrected chi connectivity index (χ1v) is 16.5. The largest absolute Gasteiger partial charge is 0.466 e. The lowest BCUT2D eigenvalue weighted by atomic mass is 10.0. The molecular weight excluding hydrogens is 460 g/mol. The van der Waals surface area contributed by atoms with Crippen LogP contribution in [-0.2, 0) is 19.1 Å². The number of carbonyl (C=O) groups excluding carboxylic acids is 2. The van der Waals surface area contributed by atoms with Crippen LogP contribution in [0.25, 0.3) is 0 Å². The molecule has 0 aliphatic rings. The summed E-state index contributed by atoms with van der Waals surface area (Å²) in [5.41, 5.74) is 0. The van der Waals surface area contributed by atoms with Gasteiger partial charge in [0.25, 0.3) is 0 Å². The van der Waals surface area contributed by atoms with Crippen molar-refractivity contribution in [2.75, 3.05) is 13.2 Å². The highest BCUT2D eigenvalue weighted by molar-refractivity contribution is 5.69. The van der Waals surface area contributed by atoms with Crippen LogP contribution in [0.15, 0.2) is 0 Å². The molecular formula is C33H64O4. The van der Waals surface area contributed by atoms with Gasteiger partial charge in [-0.3, -0.25) is 9.59 Å². The third-order valence-corrected chi connectivity index (χ3v) is 7.28. The molecule has 0 aliphatic heterocycles. The summed E-state index contributed by atoms with van der Waals surface area (Å²) in [6.45, 7) is 5.65. The van der Waals surface area contributed by atoms with Crippen molar-refractivity contribution in [2.24, 2.45) is 0 Å². The maximum absolute atomic E-state index is 11.9. The Balaban J connectivity index is 3.23. The van der Waals surface area contributed by atoms with E-state index in [1.165, 1.54) is 103 Å². The van der Waals surface area contributed by atoms with Gasteiger partial charge in [-0.2, -0.15) is 0 Å². The first-order valence-electron chi connectivity index (χ1n) is 16.5. The van der Waals surface area contributed by atoms with Crippen LogP contribution in [0.4, 0.5) is 0 Å². The molecule has 0 saturated heterocycles. The van der Waals surface area contributed by atoms with Crippen molar-refractivity contribution in [3.05, 3.63) is 0 Å². The molecule has 0 fully saturated rings. The molecule has 0 saturated carbocycles. The fraction of sp³-hybridized carbons (Fsp3) is 0.939. The number of rotatable bonds is 30. The highest BCUT2D eigenvalue weighted by Gasteiger charge is 2.04. The topological polar surface area (TPSA) is 52.6 Å². The lowest BCUT2D eigenvalue weighted by Crippen LogP contribution is -2.06. The van der Waals surface area contributed by atoms with E-state index in [-0.39, 0.29) is 11.9 Å². The van der Waals surface area contributed by atoms with Crippen LogP contribution in [0.3, 0.4) is 0 Å². The van der Waals surface area contributed by atoms with Crippen LogP contribution in [0, 0.1) is 0 Å². The predicted molar refractivity (Wildman–Crippen MR) is 158 cm³/mol. The molecule has 0 heterocycles. The maximum Gasteiger partial charge on any atom is 0.305 e. The first-order chi connectivity index (χ1) is 18.2. The summed E-state index contributed by atoms with van der Waals surface area (Å²) in [6, 6.07) is 0. The van der Waals surface area contributed by atoms with Crippen LogP contribution in [0.5, 0.6) is 0 Å². The van der Waals surface area contributed by atoms with Gasteiger partial charge < -0.3 is 9.47 Å². The Morgan fingerprint density at radius 2 is 0.595 bits per heavy atom. The second kappa shape index (κ2) is 31.2. The smallest absolute Gasteiger partial charge is 0.305 e. The number of esters is 2. The van der Waals surface area contributed by atoms with Gasteiger partial charge in [0.15, 0.2) is 0 Å². The summed E-state index contributed by atoms with van der Waals surface area (Å²) in [4.78, 5) is 23.6. The number of unbranched alkanes of at least 4 members (excludes halogenated alkanes) is 22. The van der Waals surface area contributed by atoms with Crippen molar-refractivity contribution >= 4 is 11.9 Å². The molecule has 4 nitrogen and oxygen atoms in total. The number of hydrogen-bond acceptors (Lipinski definition) is 4. The molecule has 37 heavy (non-hydrogen) atoms. The summed E-state index contributed by atoms with van der Waals surface area (Å²) in [5, 5.41) is 0. The van der Waals surface area contributed by atoms with Gasteiger partial charge in [-0.25, -0.2) is 0 Å². The Labute approximate surface area is 231 Å².